The molecule has 0 saturated heterocycles. The Kier molecular flexibility index (Phi) is 5.02. The molecule has 3 aromatic rings. The normalized spacial score (nSPS) is 16.9. The Balaban J connectivity index is 1.67. The third kappa shape index (κ3) is 3.40. The van der Waals surface area contributed by atoms with Crippen LogP contribution in [0.3, 0.4) is 0 Å². The Morgan fingerprint density at radius 2 is 1.39 bits per heavy atom. The van der Waals surface area contributed by atoms with Gasteiger partial charge in [0.25, 0.3) is 0 Å². The third-order valence-electron chi connectivity index (χ3n) is 5.48. The van der Waals surface area contributed by atoms with E-state index in [0.29, 0.717) is 3.63 Å². The van der Waals surface area contributed by atoms with E-state index >= 15 is 0 Å². The van der Waals surface area contributed by atoms with Crippen LogP contribution >= 0.6 is 0 Å². The van der Waals surface area contributed by atoms with Gasteiger partial charge in [-0.25, -0.2) is 0 Å². The zero-order valence-electron chi connectivity index (χ0n) is 15.7. The topological polar surface area (TPSA) is 0 Å². The molecule has 0 saturated carbocycles. The second-order valence-electron chi connectivity index (χ2n) is 7.24. The maximum atomic E-state index is 2.45. The van der Waals surface area contributed by atoms with Crippen molar-refractivity contribution in [3.05, 3.63) is 137 Å². The van der Waals surface area contributed by atoms with Gasteiger partial charge in [0.2, 0.25) is 0 Å². The summed E-state index contributed by atoms with van der Waals surface area (Å²) in [6, 6.07) is 31.0. The van der Waals surface area contributed by atoms with E-state index in [4.69, 9.17) is 0 Å². The van der Waals surface area contributed by atoms with E-state index in [1.165, 1.54) is 27.8 Å². The fourth-order valence-corrected chi connectivity index (χ4v) is 8.53. The summed E-state index contributed by atoms with van der Waals surface area (Å²) in [5.74, 6) is 0. The molecule has 1 unspecified atom stereocenters. The Morgan fingerprint density at radius 1 is 0.750 bits per heavy atom. The van der Waals surface area contributed by atoms with Gasteiger partial charge in [-0.1, -0.05) is 0 Å². The molecule has 0 heterocycles. The molecular weight excluding hydrogens is 416 g/mol. The van der Waals surface area contributed by atoms with Crippen molar-refractivity contribution in [2.45, 2.75) is 10.0 Å². The minimum absolute atomic E-state index is 0.571. The molecular formula is C27H21Zr. The quantitative estimate of drug-likeness (QED) is 0.446. The summed E-state index contributed by atoms with van der Waals surface area (Å²) >= 11 is -0.966. The van der Waals surface area contributed by atoms with Crippen molar-refractivity contribution >= 4 is 9.28 Å². The zero-order chi connectivity index (χ0) is 18.8. The molecule has 0 spiro atoms. The summed E-state index contributed by atoms with van der Waals surface area (Å²) in [5.41, 5.74) is 8.78. The molecule has 5 rings (SSSR count). The predicted molar refractivity (Wildman–Crippen MR) is 115 cm³/mol. The van der Waals surface area contributed by atoms with Crippen molar-refractivity contribution in [1.29, 1.82) is 0 Å². The summed E-state index contributed by atoms with van der Waals surface area (Å²) in [6.45, 7) is 0. The zero-order valence-corrected chi connectivity index (χ0v) is 18.1. The van der Waals surface area contributed by atoms with Gasteiger partial charge in [0.15, 0.2) is 0 Å². The Morgan fingerprint density at radius 3 is 2.04 bits per heavy atom. The molecule has 3 aromatic carbocycles. The molecule has 0 bridgehead atoms. The summed E-state index contributed by atoms with van der Waals surface area (Å²) in [5, 5.41) is 0. The number of allylic oxidation sites excluding steroid dienone is 5. The van der Waals surface area contributed by atoms with Gasteiger partial charge < -0.3 is 0 Å². The van der Waals surface area contributed by atoms with Crippen LogP contribution in [0.5, 0.6) is 0 Å². The number of rotatable bonds is 4. The van der Waals surface area contributed by atoms with Gasteiger partial charge >= 0.3 is 179 Å². The monoisotopic (exact) mass is 435 g/mol. The molecule has 0 nitrogen and oxygen atoms in total. The van der Waals surface area contributed by atoms with E-state index in [2.05, 4.69) is 109 Å². The second-order valence-corrected chi connectivity index (χ2v) is 10.6. The van der Waals surface area contributed by atoms with Crippen LogP contribution < -0.4 is 0 Å². The Bertz CT molecular complexity index is 1070. The minimum atomic E-state index is -0.966. The second kappa shape index (κ2) is 7.94. The van der Waals surface area contributed by atoms with Gasteiger partial charge in [-0.3, -0.25) is 0 Å². The van der Waals surface area contributed by atoms with E-state index in [0.717, 1.165) is 6.42 Å². The van der Waals surface area contributed by atoms with Gasteiger partial charge in [0.05, 0.1) is 0 Å². The van der Waals surface area contributed by atoms with Gasteiger partial charge in [-0.05, 0) is 0 Å². The van der Waals surface area contributed by atoms with Crippen LogP contribution in [0.25, 0.3) is 6.08 Å². The predicted octanol–water partition coefficient (Wildman–Crippen LogP) is 6.36. The average Bonchev–Trinajstić information content (AvgIpc) is 3.41. The SMILES string of the molecule is C1=CCC(C2=Cc3ccccc3[CH]2[Zr]=[C](c2ccccc2)c2ccccc2)=C1. The van der Waals surface area contributed by atoms with E-state index in [1.54, 1.807) is 8.78 Å². The summed E-state index contributed by atoms with van der Waals surface area (Å²) in [7, 11) is 0. The first-order valence-electron chi connectivity index (χ1n) is 9.81. The summed E-state index contributed by atoms with van der Waals surface area (Å²) in [6.07, 6.45) is 10.3. The number of hydrogen-bond acceptors (Lipinski definition) is 0. The number of hydrogen-bond donors (Lipinski definition) is 0. The molecule has 0 radical (unpaired) electrons. The summed E-state index contributed by atoms with van der Waals surface area (Å²) < 4.78 is 2.16. The van der Waals surface area contributed by atoms with Crippen LogP contribution in [0.1, 0.15) is 32.3 Å². The van der Waals surface area contributed by atoms with Crippen LogP contribution in [-0.4, -0.2) is 3.21 Å². The van der Waals surface area contributed by atoms with Crippen LogP contribution in [0, 0.1) is 0 Å². The van der Waals surface area contributed by atoms with E-state index in [-0.39, 0.29) is 0 Å². The maximum absolute atomic E-state index is 2.45. The van der Waals surface area contributed by atoms with E-state index in [9.17, 15) is 0 Å². The first-order chi connectivity index (χ1) is 13.9. The molecule has 1 atom stereocenters. The molecule has 133 valence electrons. The van der Waals surface area contributed by atoms with Gasteiger partial charge in [-0.15, -0.1) is 0 Å². The molecule has 1 heteroatoms. The van der Waals surface area contributed by atoms with Gasteiger partial charge in [-0.2, -0.15) is 0 Å². The molecule has 0 amide bonds. The molecule has 0 fully saturated rings. The number of benzene rings is 3. The Labute approximate surface area is 178 Å². The standard InChI is InChI=1S/C14H11.C13H10.Zr/c1-2-6-11(5-1)14-9-12-7-3-4-8-13(12)10-14;1-3-7-12(8-4-1)11-13-9-5-2-6-10-13;/h1-5,7-10H,6H2;1-10H;. The van der Waals surface area contributed by atoms with Gasteiger partial charge in [0.1, 0.15) is 0 Å². The van der Waals surface area contributed by atoms with Crippen LogP contribution in [0.2, 0.25) is 0 Å². The summed E-state index contributed by atoms with van der Waals surface area (Å²) in [4.78, 5) is 0. The first-order valence-corrected chi connectivity index (χ1v) is 12.5. The molecule has 2 aliphatic carbocycles. The fraction of sp³-hybridized carbons (Fsp3) is 0.0741. The molecule has 2 aliphatic rings. The Hall–Kier alpha value is -2.37. The third-order valence-corrected chi connectivity index (χ3v) is 9.85. The van der Waals surface area contributed by atoms with Crippen molar-refractivity contribution in [3.8, 4) is 0 Å². The van der Waals surface area contributed by atoms with Crippen molar-refractivity contribution < 1.29 is 22.8 Å². The van der Waals surface area contributed by atoms with Crippen molar-refractivity contribution in [2.75, 3.05) is 0 Å². The van der Waals surface area contributed by atoms with Crippen molar-refractivity contribution in [2.24, 2.45) is 0 Å². The van der Waals surface area contributed by atoms with Gasteiger partial charge in [0, 0.05) is 0 Å². The molecule has 0 aliphatic heterocycles. The van der Waals surface area contributed by atoms with Crippen molar-refractivity contribution in [3.63, 3.8) is 0 Å². The van der Waals surface area contributed by atoms with E-state index < -0.39 is 22.8 Å². The molecule has 0 aromatic heterocycles. The molecule has 28 heavy (non-hydrogen) atoms. The fourth-order valence-electron chi connectivity index (χ4n) is 4.11. The van der Waals surface area contributed by atoms with Crippen molar-refractivity contribution in [1.82, 2.24) is 0 Å². The first kappa shape index (κ1) is 17.7. The number of fused-ring (bicyclic) bond motifs is 1. The van der Waals surface area contributed by atoms with Crippen LogP contribution in [0.15, 0.2) is 114 Å². The molecule has 0 N–H and O–H groups in total. The van der Waals surface area contributed by atoms with E-state index in [1.807, 2.05) is 0 Å². The van der Waals surface area contributed by atoms with Crippen LogP contribution in [0.4, 0.5) is 0 Å². The average molecular weight is 437 g/mol. The van der Waals surface area contributed by atoms with Crippen LogP contribution in [-0.2, 0) is 22.8 Å².